The number of nitrogens with zero attached hydrogens (tertiary/aromatic N) is 1. The molecule has 2 atom stereocenters. The molecule has 0 saturated carbocycles. The van der Waals surface area contributed by atoms with Crippen LogP contribution in [-0.2, 0) is 24.2 Å². The van der Waals surface area contributed by atoms with Crippen molar-refractivity contribution in [2.75, 3.05) is 11.5 Å². The third-order valence-electron chi connectivity index (χ3n) is 4.86. The number of ether oxygens (including phenoxy) is 1. The van der Waals surface area contributed by atoms with E-state index < -0.39 is 51.2 Å². The molecular formula is C23H34N2O7S. The van der Waals surface area contributed by atoms with Crippen LogP contribution in [0.5, 0.6) is 0 Å². The zero-order valence-corrected chi connectivity index (χ0v) is 20.8. The molecule has 0 saturated heterocycles. The number of nitrogens with one attached hydrogen (secondary N) is 1. The highest BCUT2D eigenvalue weighted by molar-refractivity contribution is 7.96. The van der Waals surface area contributed by atoms with E-state index in [1.54, 1.807) is 30.3 Å². The molecule has 0 bridgehead atoms. The predicted octanol–water partition coefficient (Wildman–Crippen LogP) is 3.36. The van der Waals surface area contributed by atoms with Gasteiger partial charge in [-0.2, -0.15) is 0 Å². The highest BCUT2D eigenvalue weighted by Crippen LogP contribution is 2.24. The third kappa shape index (κ3) is 7.59. The lowest BCUT2D eigenvalue weighted by Gasteiger charge is -2.29. The van der Waals surface area contributed by atoms with Crippen LogP contribution in [0, 0.1) is 5.92 Å². The Balaban J connectivity index is 3.11. The number of carboxylic acids is 1. The van der Waals surface area contributed by atoms with Gasteiger partial charge in [-0.3, -0.25) is 9.69 Å². The van der Waals surface area contributed by atoms with E-state index in [4.69, 9.17) is 4.74 Å². The number of carbonyl (C=O) groups is 3. The van der Waals surface area contributed by atoms with E-state index in [2.05, 4.69) is 11.9 Å². The van der Waals surface area contributed by atoms with Gasteiger partial charge in [0.1, 0.15) is 18.7 Å². The van der Waals surface area contributed by atoms with E-state index in [1.165, 1.54) is 27.7 Å². The van der Waals surface area contributed by atoms with Crippen molar-refractivity contribution in [2.24, 2.45) is 5.92 Å². The fourth-order valence-electron chi connectivity index (χ4n) is 2.90. The fraction of sp³-hybridized carbons (Fsp3) is 0.522. The molecule has 2 amide bonds. The number of para-hydroxylation sites is 1. The molecule has 0 spiro atoms. The third-order valence-corrected chi connectivity index (χ3v) is 7.35. The van der Waals surface area contributed by atoms with Gasteiger partial charge in [-0.05, 0) is 52.2 Å². The van der Waals surface area contributed by atoms with Gasteiger partial charge >= 0.3 is 12.1 Å². The second-order valence-corrected chi connectivity index (χ2v) is 11.9. The molecule has 0 aliphatic carbocycles. The van der Waals surface area contributed by atoms with Gasteiger partial charge < -0.3 is 15.2 Å². The first-order valence-corrected chi connectivity index (χ1v) is 12.0. The number of rotatable bonds is 10. The summed E-state index contributed by atoms with van der Waals surface area (Å²) in [4.78, 5) is 38.1. The first-order chi connectivity index (χ1) is 15.1. The summed E-state index contributed by atoms with van der Waals surface area (Å²) in [5.41, 5.74) is 0.324. The van der Waals surface area contributed by atoms with Crippen LogP contribution in [0.1, 0.15) is 48.0 Å². The Hall–Kier alpha value is -2.88. The Bertz CT molecular complexity index is 966. The molecule has 0 aliphatic rings. The van der Waals surface area contributed by atoms with Gasteiger partial charge in [-0.15, -0.1) is 0 Å². The maximum absolute atomic E-state index is 12.9. The van der Waals surface area contributed by atoms with Gasteiger partial charge in [0.15, 0.2) is 9.84 Å². The van der Waals surface area contributed by atoms with Crippen molar-refractivity contribution in [3.63, 3.8) is 0 Å². The lowest BCUT2D eigenvalue weighted by molar-refractivity contribution is -0.142. The first kappa shape index (κ1) is 28.2. The number of aliphatic carboxylic acids is 1. The van der Waals surface area contributed by atoms with E-state index in [0.29, 0.717) is 5.69 Å². The summed E-state index contributed by atoms with van der Waals surface area (Å²) in [6, 6.07) is 5.93. The van der Waals surface area contributed by atoms with Crippen molar-refractivity contribution in [2.45, 2.75) is 64.8 Å². The summed E-state index contributed by atoms with van der Waals surface area (Å²) >= 11 is 0. The molecule has 1 rings (SSSR count). The molecule has 1 aromatic rings. The summed E-state index contributed by atoms with van der Waals surface area (Å²) < 4.78 is 29.1. The van der Waals surface area contributed by atoms with Crippen LogP contribution >= 0.6 is 0 Å². The van der Waals surface area contributed by atoms with Crippen LogP contribution in [0.25, 0.3) is 0 Å². The van der Waals surface area contributed by atoms with Crippen molar-refractivity contribution in [1.29, 1.82) is 0 Å². The van der Waals surface area contributed by atoms with Crippen LogP contribution in [0.4, 0.5) is 10.5 Å². The summed E-state index contributed by atoms with van der Waals surface area (Å²) in [7, 11) is -3.77. The summed E-state index contributed by atoms with van der Waals surface area (Å²) in [5.74, 6) is -1.85. The highest BCUT2D eigenvalue weighted by atomic mass is 32.2. The van der Waals surface area contributed by atoms with Crippen LogP contribution in [-0.4, -0.2) is 54.9 Å². The van der Waals surface area contributed by atoms with Crippen LogP contribution in [0.3, 0.4) is 0 Å². The standard InChI is InChI=1S/C23H34N2O7S/c1-15(2)13-19(21(27)28)24-20(26)17(4)25(18-11-9-8-10-12-18)22(29)32-14-16(3)33(30,31)23(5,6)7/h8-12,15,17,19H,3,13-14H2,1-2,4-7H3,(H,24,26)(H,27,28)/t17?,19-/m0/s1. The molecule has 0 radical (unpaired) electrons. The molecule has 1 aromatic carbocycles. The monoisotopic (exact) mass is 482 g/mol. The Kier molecular flexibility index (Phi) is 9.65. The van der Waals surface area contributed by atoms with Gasteiger partial charge in [0, 0.05) is 5.69 Å². The van der Waals surface area contributed by atoms with E-state index in [1.807, 2.05) is 13.8 Å². The topological polar surface area (TPSA) is 130 Å². The average Bonchev–Trinajstić information content (AvgIpc) is 2.70. The molecule has 0 heterocycles. The van der Waals surface area contributed by atoms with Gasteiger partial charge in [0.05, 0.1) is 9.65 Å². The maximum Gasteiger partial charge on any atom is 0.415 e. The fourth-order valence-corrected chi connectivity index (χ4v) is 3.98. The van der Waals surface area contributed by atoms with E-state index >= 15 is 0 Å². The number of sulfone groups is 1. The summed E-state index contributed by atoms with van der Waals surface area (Å²) in [6.45, 7) is 12.6. The molecule has 33 heavy (non-hydrogen) atoms. The second kappa shape index (κ2) is 11.3. The molecule has 0 aromatic heterocycles. The average molecular weight is 483 g/mol. The Morgan fingerprint density at radius 3 is 2.12 bits per heavy atom. The Morgan fingerprint density at radius 2 is 1.67 bits per heavy atom. The SMILES string of the molecule is C=C(COC(=O)N(c1ccccc1)C(C)C(=O)N[C@@H](CC(C)C)C(=O)O)S(=O)(=O)C(C)(C)C. The predicted molar refractivity (Wildman–Crippen MR) is 127 cm³/mol. The molecule has 184 valence electrons. The van der Waals surface area contributed by atoms with Crippen molar-refractivity contribution < 1.29 is 32.6 Å². The van der Waals surface area contributed by atoms with E-state index in [-0.39, 0.29) is 17.2 Å². The minimum atomic E-state index is -3.77. The van der Waals surface area contributed by atoms with Gasteiger partial charge in [0.25, 0.3) is 0 Å². The lowest BCUT2D eigenvalue weighted by Crippen LogP contribution is -2.52. The Morgan fingerprint density at radius 1 is 1.12 bits per heavy atom. The first-order valence-electron chi connectivity index (χ1n) is 10.6. The highest BCUT2D eigenvalue weighted by Gasteiger charge is 2.34. The van der Waals surface area contributed by atoms with E-state index in [0.717, 1.165) is 4.90 Å². The molecule has 1 unspecified atom stereocenters. The zero-order valence-electron chi connectivity index (χ0n) is 20.0. The second-order valence-electron chi connectivity index (χ2n) is 9.12. The van der Waals surface area contributed by atoms with Crippen molar-refractivity contribution >= 4 is 33.5 Å². The number of amides is 2. The number of hydrogen-bond donors (Lipinski definition) is 2. The van der Waals surface area contributed by atoms with Gasteiger partial charge in [0.2, 0.25) is 5.91 Å². The zero-order chi connectivity index (χ0) is 25.6. The summed E-state index contributed by atoms with van der Waals surface area (Å²) in [5, 5.41) is 11.9. The number of benzene rings is 1. The molecule has 10 heteroatoms. The van der Waals surface area contributed by atoms with Crippen molar-refractivity contribution in [1.82, 2.24) is 5.32 Å². The summed E-state index contributed by atoms with van der Waals surface area (Å²) in [6.07, 6.45) is -0.751. The smallest absolute Gasteiger partial charge is 0.415 e. The normalized spacial score (nSPS) is 13.7. The van der Waals surface area contributed by atoms with Crippen molar-refractivity contribution in [3.05, 3.63) is 41.8 Å². The molecule has 2 N–H and O–H groups in total. The number of anilines is 1. The quantitative estimate of drug-likeness (QED) is 0.523. The van der Waals surface area contributed by atoms with E-state index in [9.17, 15) is 27.9 Å². The Labute approximate surface area is 195 Å². The van der Waals surface area contributed by atoms with Crippen molar-refractivity contribution in [3.8, 4) is 0 Å². The molecule has 9 nitrogen and oxygen atoms in total. The minimum Gasteiger partial charge on any atom is -0.480 e. The molecule has 0 fully saturated rings. The van der Waals surface area contributed by atoms with Gasteiger partial charge in [-0.25, -0.2) is 18.0 Å². The van der Waals surface area contributed by atoms with Crippen LogP contribution < -0.4 is 10.2 Å². The minimum absolute atomic E-state index is 0.0210. The lowest BCUT2D eigenvalue weighted by atomic mass is 10.0. The van der Waals surface area contributed by atoms with Crippen LogP contribution in [0.15, 0.2) is 41.8 Å². The van der Waals surface area contributed by atoms with Gasteiger partial charge in [-0.1, -0.05) is 38.6 Å². The number of carboxylic acid groups (broad SMARTS) is 1. The number of hydrogen-bond acceptors (Lipinski definition) is 6. The maximum atomic E-state index is 12.9. The van der Waals surface area contributed by atoms with Crippen LogP contribution in [0.2, 0.25) is 0 Å². The molecular weight excluding hydrogens is 448 g/mol. The number of carbonyl (C=O) groups excluding carboxylic acids is 2. The molecule has 0 aliphatic heterocycles. The largest absolute Gasteiger partial charge is 0.480 e.